The number of hydrogen-bond acceptors (Lipinski definition) is 3. The minimum Gasteiger partial charge on any atom is -0.348 e. The Hall–Kier alpha value is -0.610. The standard InChI is InChI=1S/C12H25N3O/c1-4-10-8-15(6-5-11(10)7-13)9-12(16)14(2)3/h10-11H,4-9,13H2,1-3H3. The molecule has 1 aliphatic rings. The van der Waals surface area contributed by atoms with Crippen LogP contribution in [0, 0.1) is 11.8 Å². The van der Waals surface area contributed by atoms with E-state index in [2.05, 4.69) is 11.8 Å². The van der Waals surface area contributed by atoms with Crippen molar-refractivity contribution in [3.05, 3.63) is 0 Å². The van der Waals surface area contributed by atoms with Crippen LogP contribution in [-0.4, -0.2) is 56.0 Å². The number of carbonyl (C=O) groups excluding carboxylic acids is 1. The van der Waals surface area contributed by atoms with Gasteiger partial charge in [0.15, 0.2) is 0 Å². The predicted octanol–water partition coefficient (Wildman–Crippen LogP) is 0.381. The van der Waals surface area contributed by atoms with Gasteiger partial charge < -0.3 is 10.6 Å². The lowest BCUT2D eigenvalue weighted by atomic mass is 9.84. The Morgan fingerprint density at radius 1 is 1.44 bits per heavy atom. The van der Waals surface area contributed by atoms with Crippen LogP contribution in [0.4, 0.5) is 0 Å². The average Bonchev–Trinajstić information content (AvgIpc) is 2.28. The van der Waals surface area contributed by atoms with Gasteiger partial charge in [0.25, 0.3) is 0 Å². The fourth-order valence-corrected chi connectivity index (χ4v) is 2.41. The quantitative estimate of drug-likeness (QED) is 0.755. The molecule has 94 valence electrons. The maximum absolute atomic E-state index is 11.6. The fraction of sp³-hybridized carbons (Fsp3) is 0.917. The topological polar surface area (TPSA) is 49.6 Å². The van der Waals surface area contributed by atoms with E-state index in [1.54, 1.807) is 4.90 Å². The molecule has 0 aromatic carbocycles. The summed E-state index contributed by atoms with van der Waals surface area (Å²) >= 11 is 0. The molecule has 0 bridgehead atoms. The molecule has 2 N–H and O–H groups in total. The number of likely N-dealkylation sites (tertiary alicyclic amines) is 1. The van der Waals surface area contributed by atoms with Gasteiger partial charge in [-0.15, -0.1) is 0 Å². The molecule has 1 fully saturated rings. The molecule has 0 radical (unpaired) electrons. The van der Waals surface area contributed by atoms with Gasteiger partial charge in [-0.05, 0) is 31.3 Å². The summed E-state index contributed by atoms with van der Waals surface area (Å²) in [6.07, 6.45) is 2.30. The summed E-state index contributed by atoms with van der Waals surface area (Å²) in [5.41, 5.74) is 5.77. The van der Waals surface area contributed by atoms with Gasteiger partial charge in [-0.2, -0.15) is 0 Å². The van der Waals surface area contributed by atoms with Crippen LogP contribution in [0.15, 0.2) is 0 Å². The maximum Gasteiger partial charge on any atom is 0.236 e. The number of hydrogen-bond donors (Lipinski definition) is 1. The summed E-state index contributed by atoms with van der Waals surface area (Å²) < 4.78 is 0. The van der Waals surface area contributed by atoms with Gasteiger partial charge in [0.1, 0.15) is 0 Å². The van der Waals surface area contributed by atoms with Crippen LogP contribution >= 0.6 is 0 Å². The van der Waals surface area contributed by atoms with Crippen molar-refractivity contribution in [2.45, 2.75) is 19.8 Å². The van der Waals surface area contributed by atoms with Gasteiger partial charge in [0, 0.05) is 20.6 Å². The van der Waals surface area contributed by atoms with Crippen molar-refractivity contribution in [1.82, 2.24) is 9.80 Å². The van der Waals surface area contributed by atoms with Crippen LogP contribution in [0.25, 0.3) is 0 Å². The first kappa shape index (κ1) is 13.5. The number of nitrogens with two attached hydrogens (primary N) is 1. The number of nitrogens with zero attached hydrogens (tertiary/aromatic N) is 2. The van der Waals surface area contributed by atoms with Crippen LogP contribution in [0.5, 0.6) is 0 Å². The van der Waals surface area contributed by atoms with Gasteiger partial charge in [-0.1, -0.05) is 13.3 Å². The van der Waals surface area contributed by atoms with Gasteiger partial charge in [0.05, 0.1) is 6.54 Å². The Labute approximate surface area is 98.8 Å². The molecule has 0 aromatic rings. The zero-order valence-electron chi connectivity index (χ0n) is 10.8. The third kappa shape index (κ3) is 3.46. The van der Waals surface area contributed by atoms with Gasteiger partial charge >= 0.3 is 0 Å². The van der Waals surface area contributed by atoms with Crippen LogP contribution in [0.3, 0.4) is 0 Å². The molecule has 2 unspecified atom stereocenters. The van der Waals surface area contributed by atoms with E-state index in [0.29, 0.717) is 18.4 Å². The third-order valence-electron chi connectivity index (χ3n) is 3.66. The van der Waals surface area contributed by atoms with E-state index in [9.17, 15) is 4.79 Å². The van der Waals surface area contributed by atoms with Crippen molar-refractivity contribution in [2.24, 2.45) is 17.6 Å². The van der Waals surface area contributed by atoms with Crippen LogP contribution in [-0.2, 0) is 4.79 Å². The summed E-state index contributed by atoms with van der Waals surface area (Å²) in [7, 11) is 3.62. The minimum atomic E-state index is 0.195. The van der Waals surface area contributed by atoms with E-state index in [4.69, 9.17) is 5.73 Å². The molecule has 1 aliphatic heterocycles. The summed E-state index contributed by atoms with van der Waals surface area (Å²) in [4.78, 5) is 15.5. The molecule has 0 aliphatic carbocycles. The van der Waals surface area contributed by atoms with Crippen molar-refractivity contribution in [3.63, 3.8) is 0 Å². The number of piperidine rings is 1. The molecule has 0 aromatic heterocycles. The summed E-state index contributed by atoms with van der Waals surface area (Å²) in [6.45, 7) is 5.59. The first-order chi connectivity index (χ1) is 7.58. The highest BCUT2D eigenvalue weighted by Gasteiger charge is 2.27. The monoisotopic (exact) mass is 227 g/mol. The number of likely N-dealkylation sites (N-methyl/N-ethyl adjacent to an activating group) is 1. The van der Waals surface area contributed by atoms with Crippen molar-refractivity contribution < 1.29 is 4.79 Å². The highest BCUT2D eigenvalue weighted by Crippen LogP contribution is 2.25. The first-order valence-corrected chi connectivity index (χ1v) is 6.21. The Morgan fingerprint density at radius 2 is 2.12 bits per heavy atom. The van der Waals surface area contributed by atoms with E-state index in [0.717, 1.165) is 32.5 Å². The third-order valence-corrected chi connectivity index (χ3v) is 3.66. The molecule has 4 nitrogen and oxygen atoms in total. The van der Waals surface area contributed by atoms with Crippen LogP contribution in [0.2, 0.25) is 0 Å². The summed E-state index contributed by atoms with van der Waals surface area (Å²) in [6, 6.07) is 0. The van der Waals surface area contributed by atoms with Gasteiger partial charge in [0.2, 0.25) is 5.91 Å². The second kappa shape index (κ2) is 6.21. The van der Waals surface area contributed by atoms with E-state index in [1.807, 2.05) is 14.1 Å². The summed E-state index contributed by atoms with van der Waals surface area (Å²) in [5.74, 6) is 1.51. The lowest BCUT2D eigenvalue weighted by Gasteiger charge is -2.37. The maximum atomic E-state index is 11.6. The highest BCUT2D eigenvalue weighted by molar-refractivity contribution is 5.77. The second-order valence-electron chi connectivity index (χ2n) is 4.98. The molecule has 2 atom stereocenters. The molecule has 1 heterocycles. The number of carbonyl (C=O) groups is 1. The Kier molecular flexibility index (Phi) is 5.22. The molecule has 0 saturated carbocycles. The van der Waals surface area contributed by atoms with E-state index >= 15 is 0 Å². The van der Waals surface area contributed by atoms with E-state index < -0.39 is 0 Å². The van der Waals surface area contributed by atoms with Gasteiger partial charge in [-0.3, -0.25) is 9.69 Å². The zero-order valence-corrected chi connectivity index (χ0v) is 10.8. The number of rotatable bonds is 4. The highest BCUT2D eigenvalue weighted by atomic mass is 16.2. The first-order valence-electron chi connectivity index (χ1n) is 6.21. The molecule has 4 heteroatoms. The molecular formula is C12H25N3O. The lowest BCUT2D eigenvalue weighted by molar-refractivity contribution is -0.130. The average molecular weight is 227 g/mol. The Bertz CT molecular complexity index is 230. The molecule has 1 saturated heterocycles. The van der Waals surface area contributed by atoms with Crippen molar-refractivity contribution >= 4 is 5.91 Å². The van der Waals surface area contributed by atoms with Crippen LogP contribution < -0.4 is 5.73 Å². The second-order valence-corrected chi connectivity index (χ2v) is 4.98. The largest absolute Gasteiger partial charge is 0.348 e. The van der Waals surface area contributed by atoms with E-state index in [-0.39, 0.29) is 5.91 Å². The molecular weight excluding hydrogens is 202 g/mol. The van der Waals surface area contributed by atoms with Crippen molar-refractivity contribution in [1.29, 1.82) is 0 Å². The number of amides is 1. The zero-order chi connectivity index (χ0) is 12.1. The summed E-state index contributed by atoms with van der Waals surface area (Å²) in [5, 5.41) is 0. The van der Waals surface area contributed by atoms with E-state index in [1.165, 1.54) is 0 Å². The normalized spacial score (nSPS) is 26.8. The Morgan fingerprint density at radius 3 is 2.62 bits per heavy atom. The van der Waals surface area contributed by atoms with Crippen molar-refractivity contribution in [2.75, 3.05) is 40.3 Å². The SMILES string of the molecule is CCC1CN(CC(=O)N(C)C)CCC1CN. The van der Waals surface area contributed by atoms with Gasteiger partial charge in [-0.25, -0.2) is 0 Å². The van der Waals surface area contributed by atoms with Crippen LogP contribution in [0.1, 0.15) is 19.8 Å². The Balaban J connectivity index is 2.44. The smallest absolute Gasteiger partial charge is 0.236 e. The molecule has 0 spiro atoms. The lowest BCUT2D eigenvalue weighted by Crippen LogP contribution is -2.46. The minimum absolute atomic E-state index is 0.195. The molecule has 1 amide bonds. The molecule has 1 rings (SSSR count). The predicted molar refractivity (Wildman–Crippen MR) is 66.1 cm³/mol. The molecule has 16 heavy (non-hydrogen) atoms. The fourth-order valence-electron chi connectivity index (χ4n) is 2.41. The van der Waals surface area contributed by atoms with Crippen molar-refractivity contribution in [3.8, 4) is 0 Å².